The van der Waals surface area contributed by atoms with Gasteiger partial charge in [0, 0.05) is 0 Å². The fourth-order valence-corrected chi connectivity index (χ4v) is 2.28. The summed E-state index contributed by atoms with van der Waals surface area (Å²) < 4.78 is 12.8. The van der Waals surface area contributed by atoms with Crippen LogP contribution in [0.15, 0.2) is 24.3 Å². The van der Waals surface area contributed by atoms with Gasteiger partial charge in [-0.1, -0.05) is 12.1 Å². The maximum atomic E-state index is 12.8. The molecule has 1 aromatic rings. The molecular weight excluding hydrogens is 205 g/mol. The Labute approximate surface area is 95.7 Å². The van der Waals surface area contributed by atoms with Gasteiger partial charge in [0.1, 0.15) is 5.82 Å². The second kappa shape index (κ2) is 4.93. The third kappa shape index (κ3) is 2.60. The van der Waals surface area contributed by atoms with E-state index < -0.39 is 6.10 Å². The van der Waals surface area contributed by atoms with Crippen LogP contribution in [0.4, 0.5) is 4.39 Å². The Kier molecular flexibility index (Phi) is 3.56. The summed E-state index contributed by atoms with van der Waals surface area (Å²) in [6, 6.07) is 6.18. The van der Waals surface area contributed by atoms with Gasteiger partial charge in [0.2, 0.25) is 0 Å². The number of rotatable bonds is 2. The fourth-order valence-electron chi connectivity index (χ4n) is 2.28. The van der Waals surface area contributed by atoms with E-state index in [9.17, 15) is 9.50 Å². The lowest BCUT2D eigenvalue weighted by Gasteiger charge is -2.32. The zero-order valence-corrected chi connectivity index (χ0v) is 9.56. The van der Waals surface area contributed by atoms with Crippen molar-refractivity contribution in [3.05, 3.63) is 35.6 Å². The van der Waals surface area contributed by atoms with Crippen LogP contribution in [0.25, 0.3) is 0 Å². The molecule has 1 aliphatic heterocycles. The Bertz CT molecular complexity index is 330. The van der Waals surface area contributed by atoms with Gasteiger partial charge in [-0.3, -0.25) is 0 Å². The highest BCUT2D eigenvalue weighted by Crippen LogP contribution is 2.30. The summed E-state index contributed by atoms with van der Waals surface area (Å²) in [6.07, 6.45) is 1.57. The van der Waals surface area contributed by atoms with Crippen molar-refractivity contribution >= 4 is 0 Å². The second-order valence-electron chi connectivity index (χ2n) is 4.64. The molecule has 1 aromatic carbocycles. The summed E-state index contributed by atoms with van der Waals surface area (Å²) in [4.78, 5) is 2.27. The van der Waals surface area contributed by atoms with Gasteiger partial charge in [0.15, 0.2) is 0 Å². The van der Waals surface area contributed by atoms with Crippen LogP contribution >= 0.6 is 0 Å². The first-order valence-corrected chi connectivity index (χ1v) is 5.79. The molecule has 0 spiro atoms. The molecule has 1 heterocycles. The van der Waals surface area contributed by atoms with Crippen molar-refractivity contribution in [3.63, 3.8) is 0 Å². The van der Waals surface area contributed by atoms with Crippen molar-refractivity contribution in [2.75, 3.05) is 20.1 Å². The molecule has 16 heavy (non-hydrogen) atoms. The molecule has 88 valence electrons. The molecule has 0 saturated carbocycles. The van der Waals surface area contributed by atoms with Crippen LogP contribution in [0.1, 0.15) is 24.5 Å². The number of likely N-dealkylation sites (tertiary alicyclic amines) is 1. The molecule has 1 fully saturated rings. The van der Waals surface area contributed by atoms with E-state index in [0.29, 0.717) is 5.92 Å². The van der Waals surface area contributed by atoms with Crippen molar-refractivity contribution in [2.24, 2.45) is 5.92 Å². The Morgan fingerprint density at radius 1 is 1.25 bits per heavy atom. The van der Waals surface area contributed by atoms with Crippen molar-refractivity contribution in [1.29, 1.82) is 0 Å². The number of benzene rings is 1. The first kappa shape index (κ1) is 11.6. The molecule has 0 aliphatic carbocycles. The quantitative estimate of drug-likeness (QED) is 0.831. The number of aliphatic hydroxyl groups is 1. The first-order chi connectivity index (χ1) is 7.66. The molecular formula is C13H18FNO. The third-order valence-corrected chi connectivity index (χ3v) is 3.42. The van der Waals surface area contributed by atoms with E-state index in [1.807, 2.05) is 0 Å². The molecule has 0 amide bonds. The zero-order chi connectivity index (χ0) is 11.5. The number of hydrogen-bond donors (Lipinski definition) is 1. The number of hydrogen-bond acceptors (Lipinski definition) is 2. The van der Waals surface area contributed by atoms with Crippen molar-refractivity contribution < 1.29 is 9.50 Å². The van der Waals surface area contributed by atoms with Crippen LogP contribution in [0, 0.1) is 11.7 Å². The highest BCUT2D eigenvalue weighted by Gasteiger charge is 2.24. The van der Waals surface area contributed by atoms with E-state index in [0.717, 1.165) is 31.5 Å². The average Bonchev–Trinajstić information content (AvgIpc) is 2.30. The van der Waals surface area contributed by atoms with Gasteiger partial charge in [-0.2, -0.15) is 0 Å². The summed E-state index contributed by atoms with van der Waals surface area (Å²) in [6.45, 7) is 2.06. The Morgan fingerprint density at radius 3 is 2.38 bits per heavy atom. The number of piperidine rings is 1. The minimum atomic E-state index is -0.450. The van der Waals surface area contributed by atoms with Gasteiger partial charge in [-0.15, -0.1) is 0 Å². The smallest absolute Gasteiger partial charge is 0.123 e. The topological polar surface area (TPSA) is 23.5 Å². The Balaban J connectivity index is 2.01. The summed E-state index contributed by atoms with van der Waals surface area (Å²) in [7, 11) is 2.10. The van der Waals surface area contributed by atoms with E-state index in [1.54, 1.807) is 12.1 Å². The van der Waals surface area contributed by atoms with Crippen LogP contribution in [-0.2, 0) is 0 Å². The lowest BCUT2D eigenvalue weighted by atomic mass is 9.87. The molecule has 0 radical (unpaired) electrons. The van der Waals surface area contributed by atoms with Crippen molar-refractivity contribution in [1.82, 2.24) is 4.90 Å². The number of nitrogens with zero attached hydrogens (tertiary/aromatic N) is 1. The summed E-state index contributed by atoms with van der Waals surface area (Å²) in [5.41, 5.74) is 0.830. The minimum absolute atomic E-state index is 0.251. The van der Waals surface area contributed by atoms with E-state index in [2.05, 4.69) is 11.9 Å². The zero-order valence-electron chi connectivity index (χ0n) is 9.56. The highest BCUT2D eigenvalue weighted by atomic mass is 19.1. The molecule has 0 aromatic heterocycles. The molecule has 0 unspecified atom stereocenters. The van der Waals surface area contributed by atoms with Gasteiger partial charge >= 0.3 is 0 Å². The fraction of sp³-hybridized carbons (Fsp3) is 0.538. The lowest BCUT2D eigenvalue weighted by Crippen LogP contribution is -2.32. The van der Waals surface area contributed by atoms with Gasteiger partial charge in [0.05, 0.1) is 6.10 Å². The Hall–Kier alpha value is -0.930. The van der Waals surface area contributed by atoms with E-state index in [4.69, 9.17) is 0 Å². The molecule has 1 atom stereocenters. The maximum Gasteiger partial charge on any atom is 0.123 e. The molecule has 0 bridgehead atoms. The Morgan fingerprint density at radius 2 is 1.81 bits per heavy atom. The van der Waals surface area contributed by atoms with E-state index in [1.165, 1.54) is 12.1 Å². The largest absolute Gasteiger partial charge is 0.388 e. The summed E-state index contributed by atoms with van der Waals surface area (Å²) >= 11 is 0. The number of halogens is 1. The van der Waals surface area contributed by atoms with Gasteiger partial charge in [-0.05, 0) is 56.6 Å². The van der Waals surface area contributed by atoms with Gasteiger partial charge in [-0.25, -0.2) is 4.39 Å². The van der Waals surface area contributed by atoms with Gasteiger partial charge < -0.3 is 10.0 Å². The highest BCUT2D eigenvalue weighted by molar-refractivity contribution is 5.19. The second-order valence-corrected chi connectivity index (χ2v) is 4.64. The molecule has 2 rings (SSSR count). The summed E-state index contributed by atoms with van der Waals surface area (Å²) in [5.74, 6) is 0.0565. The SMILES string of the molecule is CN1CCC([C@@H](O)c2ccc(F)cc2)CC1. The van der Waals surface area contributed by atoms with Gasteiger partial charge in [0.25, 0.3) is 0 Å². The van der Waals surface area contributed by atoms with Crippen LogP contribution < -0.4 is 0 Å². The average molecular weight is 223 g/mol. The van der Waals surface area contributed by atoms with Crippen LogP contribution in [0.2, 0.25) is 0 Å². The lowest BCUT2D eigenvalue weighted by molar-refractivity contribution is 0.0657. The predicted molar refractivity (Wildman–Crippen MR) is 61.6 cm³/mol. The van der Waals surface area contributed by atoms with Crippen LogP contribution in [-0.4, -0.2) is 30.1 Å². The molecule has 1 N–H and O–H groups in total. The molecule has 3 heteroatoms. The molecule has 2 nitrogen and oxygen atoms in total. The normalized spacial score (nSPS) is 20.9. The van der Waals surface area contributed by atoms with Crippen molar-refractivity contribution in [3.8, 4) is 0 Å². The summed E-state index contributed by atoms with van der Waals surface area (Å²) in [5, 5.41) is 10.2. The van der Waals surface area contributed by atoms with Crippen LogP contribution in [0.5, 0.6) is 0 Å². The molecule has 1 aliphatic rings. The van der Waals surface area contributed by atoms with E-state index in [-0.39, 0.29) is 5.82 Å². The standard InChI is InChI=1S/C13H18FNO/c1-15-8-6-11(7-9-15)13(16)10-2-4-12(14)5-3-10/h2-5,11,13,16H,6-9H2,1H3/t13-/m0/s1. The monoisotopic (exact) mass is 223 g/mol. The molecule has 1 saturated heterocycles. The minimum Gasteiger partial charge on any atom is -0.388 e. The maximum absolute atomic E-state index is 12.8. The van der Waals surface area contributed by atoms with Crippen LogP contribution in [0.3, 0.4) is 0 Å². The predicted octanol–water partition coefficient (Wildman–Crippen LogP) is 2.20. The number of aliphatic hydroxyl groups excluding tert-OH is 1. The first-order valence-electron chi connectivity index (χ1n) is 5.79. The van der Waals surface area contributed by atoms with Crippen molar-refractivity contribution in [2.45, 2.75) is 18.9 Å². The van der Waals surface area contributed by atoms with E-state index >= 15 is 0 Å². The third-order valence-electron chi connectivity index (χ3n) is 3.42.